The lowest BCUT2D eigenvalue weighted by Gasteiger charge is -2.34. The molecule has 0 spiro atoms. The zero-order chi connectivity index (χ0) is 18.6. The fourth-order valence-electron chi connectivity index (χ4n) is 3.28. The number of carboxylic acids is 1. The average molecular weight is 376 g/mol. The molecule has 0 amide bonds. The summed E-state index contributed by atoms with van der Waals surface area (Å²) < 4.78 is 27.4. The molecule has 0 atom stereocenters. The first-order valence-corrected chi connectivity index (χ1v) is 10.3. The van der Waals surface area contributed by atoms with E-state index >= 15 is 0 Å². The van der Waals surface area contributed by atoms with Crippen LogP contribution < -0.4 is 0 Å². The van der Waals surface area contributed by atoms with Crippen molar-refractivity contribution in [3.8, 4) is 0 Å². The Kier molecular flexibility index (Phi) is 5.90. The number of piperazine rings is 1. The number of aliphatic carboxylic acids is 1. The molecule has 7 heteroatoms. The highest BCUT2D eigenvalue weighted by Gasteiger charge is 2.28. The van der Waals surface area contributed by atoms with Crippen molar-refractivity contribution in [2.45, 2.75) is 24.2 Å². The van der Waals surface area contributed by atoms with Crippen molar-refractivity contribution < 1.29 is 18.3 Å². The van der Waals surface area contributed by atoms with Gasteiger partial charge in [-0.1, -0.05) is 30.3 Å². The minimum atomic E-state index is -3.48. The molecule has 1 heterocycles. The summed E-state index contributed by atoms with van der Waals surface area (Å²) in [5, 5.41) is 10.6. The second-order valence-electron chi connectivity index (χ2n) is 6.61. The zero-order valence-electron chi connectivity index (χ0n) is 14.7. The Morgan fingerprint density at radius 1 is 0.962 bits per heavy atom. The van der Waals surface area contributed by atoms with Gasteiger partial charge in [0.25, 0.3) is 0 Å². The number of carbonyl (C=O) groups is 1. The Hall–Kier alpha value is -1.96. The van der Waals surface area contributed by atoms with Crippen molar-refractivity contribution in [2.75, 3.05) is 32.7 Å². The second-order valence-corrected chi connectivity index (χ2v) is 8.54. The minimum absolute atomic E-state index is 0.191. The van der Waals surface area contributed by atoms with Crippen LogP contribution in [0.3, 0.4) is 0 Å². The van der Waals surface area contributed by atoms with Crippen LogP contribution in [0, 0.1) is 0 Å². The maximum absolute atomic E-state index is 12.9. The average Bonchev–Trinajstić information content (AvgIpc) is 2.65. The van der Waals surface area contributed by atoms with Gasteiger partial charge in [-0.25, -0.2) is 8.42 Å². The van der Waals surface area contributed by atoms with E-state index in [9.17, 15) is 13.2 Å². The van der Waals surface area contributed by atoms with Crippen LogP contribution in [0.25, 0.3) is 10.8 Å². The molecule has 1 fully saturated rings. The number of unbranched alkanes of at least 4 members (excludes halogenated alkanes) is 1. The second kappa shape index (κ2) is 8.16. The molecule has 3 rings (SSSR count). The highest BCUT2D eigenvalue weighted by molar-refractivity contribution is 7.89. The molecule has 140 valence electrons. The van der Waals surface area contributed by atoms with Crippen molar-refractivity contribution in [3.63, 3.8) is 0 Å². The normalized spacial score (nSPS) is 16.8. The summed E-state index contributed by atoms with van der Waals surface area (Å²) in [4.78, 5) is 13.1. The van der Waals surface area contributed by atoms with E-state index in [0.717, 1.165) is 23.7 Å². The predicted octanol–water partition coefficient (Wildman–Crippen LogP) is 2.40. The Balaban J connectivity index is 1.59. The van der Waals surface area contributed by atoms with Crippen molar-refractivity contribution in [1.29, 1.82) is 0 Å². The molecule has 6 nitrogen and oxygen atoms in total. The summed E-state index contributed by atoms with van der Waals surface area (Å²) in [5.41, 5.74) is 0. The van der Waals surface area contributed by atoms with Gasteiger partial charge in [-0.3, -0.25) is 4.79 Å². The number of hydrogen-bond donors (Lipinski definition) is 1. The molecule has 26 heavy (non-hydrogen) atoms. The SMILES string of the molecule is O=C(O)CCCCN1CCN(S(=O)(=O)c2ccc3ccccc3c2)CC1. The van der Waals surface area contributed by atoms with E-state index in [1.165, 1.54) is 0 Å². The van der Waals surface area contributed by atoms with E-state index in [4.69, 9.17) is 5.11 Å². The molecule has 0 radical (unpaired) electrons. The van der Waals surface area contributed by atoms with E-state index in [-0.39, 0.29) is 6.42 Å². The standard InChI is InChI=1S/C19H24N2O4S/c22-19(23)7-3-4-10-20-11-13-21(14-12-20)26(24,25)18-9-8-16-5-1-2-6-17(16)15-18/h1-2,5-6,8-9,15H,3-4,7,10-14H2,(H,22,23). The van der Waals surface area contributed by atoms with Gasteiger partial charge in [0.15, 0.2) is 0 Å². The number of rotatable bonds is 7. The topological polar surface area (TPSA) is 77.9 Å². The monoisotopic (exact) mass is 376 g/mol. The van der Waals surface area contributed by atoms with Crippen LogP contribution in [-0.2, 0) is 14.8 Å². The Morgan fingerprint density at radius 2 is 1.65 bits per heavy atom. The lowest BCUT2D eigenvalue weighted by Crippen LogP contribution is -2.48. The summed E-state index contributed by atoms with van der Waals surface area (Å²) in [6, 6.07) is 13.0. The maximum Gasteiger partial charge on any atom is 0.303 e. The van der Waals surface area contributed by atoms with Gasteiger partial charge < -0.3 is 10.0 Å². The third-order valence-electron chi connectivity index (χ3n) is 4.80. The summed E-state index contributed by atoms with van der Waals surface area (Å²) in [5.74, 6) is -0.767. The van der Waals surface area contributed by atoms with Gasteiger partial charge in [0.1, 0.15) is 0 Å². The molecule has 0 saturated carbocycles. The fourth-order valence-corrected chi connectivity index (χ4v) is 4.74. The Bertz CT molecular complexity index is 874. The van der Waals surface area contributed by atoms with Gasteiger partial charge in [-0.2, -0.15) is 4.31 Å². The Morgan fingerprint density at radius 3 is 2.35 bits per heavy atom. The van der Waals surface area contributed by atoms with E-state index in [2.05, 4.69) is 4.90 Å². The van der Waals surface area contributed by atoms with Crippen LogP contribution in [0.4, 0.5) is 0 Å². The number of benzene rings is 2. The summed E-state index contributed by atoms with van der Waals surface area (Å²) in [7, 11) is -3.48. The highest BCUT2D eigenvalue weighted by Crippen LogP contribution is 2.22. The molecule has 0 aliphatic carbocycles. The van der Waals surface area contributed by atoms with Crippen LogP contribution in [-0.4, -0.2) is 61.4 Å². The lowest BCUT2D eigenvalue weighted by atomic mass is 10.1. The van der Waals surface area contributed by atoms with Crippen LogP contribution >= 0.6 is 0 Å². The first kappa shape index (κ1) is 18.8. The molecule has 0 bridgehead atoms. The molecule has 1 saturated heterocycles. The van der Waals surface area contributed by atoms with E-state index in [1.54, 1.807) is 16.4 Å². The molecule has 2 aromatic carbocycles. The summed E-state index contributed by atoms with van der Waals surface area (Å²) in [6.07, 6.45) is 1.67. The van der Waals surface area contributed by atoms with Gasteiger partial charge >= 0.3 is 5.97 Å². The molecular formula is C19H24N2O4S. The van der Waals surface area contributed by atoms with Crippen molar-refractivity contribution in [1.82, 2.24) is 9.21 Å². The molecule has 0 aromatic heterocycles. The quantitative estimate of drug-likeness (QED) is 0.751. The van der Waals surface area contributed by atoms with Gasteiger partial charge in [0, 0.05) is 32.6 Å². The number of fused-ring (bicyclic) bond motifs is 1. The number of hydrogen-bond acceptors (Lipinski definition) is 4. The summed E-state index contributed by atoms with van der Waals surface area (Å²) >= 11 is 0. The Labute approximate surface area is 154 Å². The molecule has 1 aliphatic heterocycles. The highest BCUT2D eigenvalue weighted by atomic mass is 32.2. The molecular weight excluding hydrogens is 352 g/mol. The molecule has 1 aliphatic rings. The van der Waals surface area contributed by atoms with Gasteiger partial charge in [0.05, 0.1) is 4.90 Å². The minimum Gasteiger partial charge on any atom is -0.481 e. The van der Waals surface area contributed by atoms with Gasteiger partial charge in [0.2, 0.25) is 10.0 Å². The number of sulfonamides is 1. The van der Waals surface area contributed by atoms with Crippen LogP contribution in [0.1, 0.15) is 19.3 Å². The van der Waals surface area contributed by atoms with Crippen LogP contribution in [0.2, 0.25) is 0 Å². The predicted molar refractivity (Wildman–Crippen MR) is 101 cm³/mol. The summed E-state index contributed by atoms with van der Waals surface area (Å²) in [6.45, 7) is 3.11. The van der Waals surface area contributed by atoms with E-state index < -0.39 is 16.0 Å². The first-order chi connectivity index (χ1) is 12.5. The van der Waals surface area contributed by atoms with Crippen molar-refractivity contribution >= 4 is 26.8 Å². The zero-order valence-corrected chi connectivity index (χ0v) is 15.5. The van der Waals surface area contributed by atoms with Gasteiger partial charge in [-0.05, 0) is 42.3 Å². The smallest absolute Gasteiger partial charge is 0.303 e. The van der Waals surface area contributed by atoms with Crippen molar-refractivity contribution in [3.05, 3.63) is 42.5 Å². The molecule has 2 aromatic rings. The fraction of sp³-hybridized carbons (Fsp3) is 0.421. The molecule has 0 unspecified atom stereocenters. The lowest BCUT2D eigenvalue weighted by molar-refractivity contribution is -0.137. The third kappa shape index (κ3) is 4.41. The third-order valence-corrected chi connectivity index (χ3v) is 6.70. The number of carboxylic acid groups (broad SMARTS) is 1. The molecule has 1 N–H and O–H groups in total. The maximum atomic E-state index is 12.9. The van der Waals surface area contributed by atoms with E-state index in [0.29, 0.717) is 37.5 Å². The van der Waals surface area contributed by atoms with Crippen LogP contribution in [0.15, 0.2) is 47.4 Å². The first-order valence-electron chi connectivity index (χ1n) is 8.90. The largest absolute Gasteiger partial charge is 0.481 e. The van der Waals surface area contributed by atoms with Gasteiger partial charge in [-0.15, -0.1) is 0 Å². The van der Waals surface area contributed by atoms with Crippen LogP contribution in [0.5, 0.6) is 0 Å². The van der Waals surface area contributed by atoms with E-state index in [1.807, 2.05) is 30.3 Å². The number of nitrogens with zero attached hydrogens (tertiary/aromatic N) is 2. The van der Waals surface area contributed by atoms with Crippen molar-refractivity contribution in [2.24, 2.45) is 0 Å².